The standard InChI is InChI=1S/C26H35N3O2/c1-17(2)24(31)27-21-14-20-22(15-23(21)28(7)8)29(18(3)30)25(4,5)16-26(20,6)19-12-10-9-11-13-19/h9-15,17H,16H2,1-8H3,(H,27,31). The second kappa shape index (κ2) is 8.03. The lowest BCUT2D eigenvalue weighted by atomic mass is 9.65. The molecule has 0 radical (unpaired) electrons. The van der Waals surface area contributed by atoms with Crippen molar-refractivity contribution in [2.75, 3.05) is 29.2 Å². The predicted molar refractivity (Wildman–Crippen MR) is 129 cm³/mol. The fourth-order valence-corrected chi connectivity index (χ4v) is 4.98. The molecule has 0 saturated heterocycles. The van der Waals surface area contributed by atoms with Crippen LogP contribution in [-0.2, 0) is 15.0 Å². The average Bonchev–Trinajstić information content (AvgIpc) is 2.67. The van der Waals surface area contributed by atoms with Crippen LogP contribution < -0.4 is 15.1 Å². The number of carbonyl (C=O) groups excluding carboxylic acids is 2. The number of rotatable bonds is 4. The molecule has 1 aliphatic heterocycles. The van der Waals surface area contributed by atoms with Crippen LogP contribution in [0.15, 0.2) is 42.5 Å². The summed E-state index contributed by atoms with van der Waals surface area (Å²) < 4.78 is 0. The van der Waals surface area contributed by atoms with E-state index in [9.17, 15) is 9.59 Å². The van der Waals surface area contributed by atoms with Crippen LogP contribution in [0.3, 0.4) is 0 Å². The van der Waals surface area contributed by atoms with Crippen LogP contribution >= 0.6 is 0 Å². The highest BCUT2D eigenvalue weighted by Crippen LogP contribution is 2.52. The van der Waals surface area contributed by atoms with E-state index in [-0.39, 0.29) is 28.7 Å². The molecule has 1 atom stereocenters. The molecular weight excluding hydrogens is 386 g/mol. The van der Waals surface area contributed by atoms with Gasteiger partial charge in [-0.2, -0.15) is 0 Å². The second-order valence-corrected chi connectivity index (χ2v) is 9.97. The predicted octanol–water partition coefficient (Wildman–Crippen LogP) is 5.19. The van der Waals surface area contributed by atoms with Crippen molar-refractivity contribution >= 4 is 28.9 Å². The third-order valence-corrected chi connectivity index (χ3v) is 6.33. The van der Waals surface area contributed by atoms with Gasteiger partial charge in [0.25, 0.3) is 0 Å². The van der Waals surface area contributed by atoms with Gasteiger partial charge in [0.2, 0.25) is 11.8 Å². The van der Waals surface area contributed by atoms with E-state index in [2.05, 4.69) is 62.5 Å². The minimum atomic E-state index is -0.365. The summed E-state index contributed by atoms with van der Waals surface area (Å²) >= 11 is 0. The molecule has 2 aromatic carbocycles. The van der Waals surface area contributed by atoms with Gasteiger partial charge in [0, 0.05) is 37.9 Å². The first-order chi connectivity index (χ1) is 14.4. The Morgan fingerprint density at radius 1 is 1.06 bits per heavy atom. The molecule has 0 aliphatic carbocycles. The van der Waals surface area contributed by atoms with Gasteiger partial charge in [-0.05, 0) is 43.5 Å². The van der Waals surface area contributed by atoms with Gasteiger partial charge in [0.1, 0.15) is 0 Å². The summed E-state index contributed by atoms with van der Waals surface area (Å²) in [7, 11) is 3.91. The zero-order valence-electron chi connectivity index (χ0n) is 20.0. The van der Waals surface area contributed by atoms with Crippen molar-refractivity contribution in [1.82, 2.24) is 0 Å². The molecule has 0 spiro atoms. The highest BCUT2D eigenvalue weighted by molar-refractivity contribution is 6.00. The lowest BCUT2D eigenvalue weighted by molar-refractivity contribution is -0.119. The monoisotopic (exact) mass is 421 g/mol. The third kappa shape index (κ3) is 4.06. The molecule has 0 aromatic heterocycles. The number of fused-ring (bicyclic) bond motifs is 1. The van der Waals surface area contributed by atoms with E-state index in [1.54, 1.807) is 6.92 Å². The maximum atomic E-state index is 12.8. The number of nitrogens with one attached hydrogen (secondary N) is 1. The SMILES string of the molecule is CC(=O)N1c2cc(N(C)C)c(NC(=O)C(C)C)cc2C(C)(c2ccccc2)CC1(C)C. The zero-order chi connectivity index (χ0) is 23.1. The highest BCUT2D eigenvalue weighted by Gasteiger charge is 2.47. The van der Waals surface area contributed by atoms with Crippen LogP contribution in [0.2, 0.25) is 0 Å². The summed E-state index contributed by atoms with van der Waals surface area (Å²) in [5, 5.41) is 3.11. The Bertz CT molecular complexity index is 995. The summed E-state index contributed by atoms with van der Waals surface area (Å²) in [4.78, 5) is 29.3. The zero-order valence-corrected chi connectivity index (χ0v) is 20.0. The first kappa shape index (κ1) is 22.9. The topological polar surface area (TPSA) is 52.7 Å². The van der Waals surface area contributed by atoms with Crippen LogP contribution in [0.25, 0.3) is 0 Å². The van der Waals surface area contributed by atoms with Gasteiger partial charge in [-0.15, -0.1) is 0 Å². The molecule has 3 rings (SSSR count). The minimum Gasteiger partial charge on any atom is -0.376 e. The molecule has 2 aromatic rings. The Kier molecular flexibility index (Phi) is 5.92. The maximum Gasteiger partial charge on any atom is 0.226 e. The Labute approximate surface area is 186 Å². The molecule has 31 heavy (non-hydrogen) atoms. The number of hydrogen-bond donors (Lipinski definition) is 1. The molecule has 5 heteroatoms. The molecule has 5 nitrogen and oxygen atoms in total. The van der Waals surface area contributed by atoms with Crippen molar-refractivity contribution in [3.8, 4) is 0 Å². The molecule has 1 unspecified atom stereocenters. The normalized spacial score (nSPS) is 19.7. The number of nitrogens with zero attached hydrogens (tertiary/aromatic N) is 2. The van der Waals surface area contributed by atoms with Crippen molar-refractivity contribution in [3.05, 3.63) is 53.6 Å². The molecule has 0 saturated carbocycles. The number of carbonyl (C=O) groups is 2. The second-order valence-electron chi connectivity index (χ2n) is 9.97. The molecule has 1 N–H and O–H groups in total. The van der Waals surface area contributed by atoms with Crippen molar-refractivity contribution in [2.24, 2.45) is 5.92 Å². The summed E-state index contributed by atoms with van der Waals surface area (Å²) in [6.07, 6.45) is 0.773. The van der Waals surface area contributed by atoms with E-state index >= 15 is 0 Å². The van der Waals surface area contributed by atoms with Gasteiger partial charge < -0.3 is 15.1 Å². The first-order valence-corrected chi connectivity index (χ1v) is 10.9. The highest BCUT2D eigenvalue weighted by atomic mass is 16.2. The van der Waals surface area contributed by atoms with Gasteiger partial charge in [0.15, 0.2) is 0 Å². The molecule has 0 fully saturated rings. The van der Waals surface area contributed by atoms with Crippen molar-refractivity contribution < 1.29 is 9.59 Å². The lowest BCUT2D eigenvalue weighted by Gasteiger charge is -2.51. The van der Waals surface area contributed by atoms with Gasteiger partial charge in [0.05, 0.1) is 17.1 Å². The van der Waals surface area contributed by atoms with E-state index in [1.165, 1.54) is 5.56 Å². The van der Waals surface area contributed by atoms with E-state index in [0.29, 0.717) is 0 Å². The van der Waals surface area contributed by atoms with E-state index in [0.717, 1.165) is 29.0 Å². The number of benzene rings is 2. The smallest absolute Gasteiger partial charge is 0.226 e. The fourth-order valence-electron chi connectivity index (χ4n) is 4.98. The fraction of sp³-hybridized carbons (Fsp3) is 0.462. The molecule has 166 valence electrons. The van der Waals surface area contributed by atoms with Crippen LogP contribution in [0.1, 0.15) is 59.1 Å². The largest absolute Gasteiger partial charge is 0.376 e. The molecule has 1 heterocycles. The Balaban J connectivity index is 2.34. The molecule has 2 amide bonds. The summed E-state index contributed by atoms with van der Waals surface area (Å²) in [6.45, 7) is 11.9. The van der Waals surface area contributed by atoms with Gasteiger partial charge >= 0.3 is 0 Å². The number of anilines is 3. The van der Waals surface area contributed by atoms with Crippen molar-refractivity contribution in [2.45, 2.75) is 58.9 Å². The van der Waals surface area contributed by atoms with Gasteiger partial charge in [-0.25, -0.2) is 0 Å². The molecule has 0 bridgehead atoms. The summed E-state index contributed by atoms with van der Waals surface area (Å²) in [5.74, 6) is -0.131. The van der Waals surface area contributed by atoms with Crippen LogP contribution in [-0.4, -0.2) is 31.4 Å². The Morgan fingerprint density at radius 2 is 1.68 bits per heavy atom. The van der Waals surface area contributed by atoms with Crippen LogP contribution in [0, 0.1) is 5.92 Å². The quantitative estimate of drug-likeness (QED) is 0.739. The van der Waals surface area contributed by atoms with Crippen LogP contribution in [0.5, 0.6) is 0 Å². The lowest BCUT2D eigenvalue weighted by Crippen LogP contribution is -2.55. The number of hydrogen-bond acceptors (Lipinski definition) is 3. The van der Waals surface area contributed by atoms with Crippen LogP contribution in [0.4, 0.5) is 17.1 Å². The van der Waals surface area contributed by atoms with Crippen molar-refractivity contribution in [1.29, 1.82) is 0 Å². The Morgan fingerprint density at radius 3 is 2.19 bits per heavy atom. The van der Waals surface area contributed by atoms with Gasteiger partial charge in [-0.1, -0.05) is 51.1 Å². The Hall–Kier alpha value is -2.82. The maximum absolute atomic E-state index is 12.8. The number of amides is 2. The van der Waals surface area contributed by atoms with Gasteiger partial charge in [-0.3, -0.25) is 9.59 Å². The van der Waals surface area contributed by atoms with E-state index in [1.807, 2.05) is 43.8 Å². The summed E-state index contributed by atoms with van der Waals surface area (Å²) in [6, 6.07) is 14.6. The molecule has 1 aliphatic rings. The third-order valence-electron chi connectivity index (χ3n) is 6.33. The summed E-state index contributed by atoms with van der Waals surface area (Å²) in [5.41, 5.74) is 4.13. The average molecular weight is 422 g/mol. The van der Waals surface area contributed by atoms with E-state index in [4.69, 9.17) is 0 Å². The minimum absolute atomic E-state index is 0.0185. The first-order valence-electron chi connectivity index (χ1n) is 10.9. The van der Waals surface area contributed by atoms with Crippen molar-refractivity contribution in [3.63, 3.8) is 0 Å². The molecular formula is C26H35N3O2. The van der Waals surface area contributed by atoms with E-state index < -0.39 is 0 Å².